The summed E-state index contributed by atoms with van der Waals surface area (Å²) in [5, 5.41) is 0. The summed E-state index contributed by atoms with van der Waals surface area (Å²) in [4.78, 5) is 29.9. The summed E-state index contributed by atoms with van der Waals surface area (Å²) in [6, 6.07) is 66.8. The van der Waals surface area contributed by atoms with E-state index in [-0.39, 0.29) is 25.9 Å². The fourth-order valence-electron chi connectivity index (χ4n) is 7.93. The van der Waals surface area contributed by atoms with Gasteiger partial charge in [-0.2, -0.15) is 36.4 Å². The first-order valence-electron chi connectivity index (χ1n) is 20.6. The van der Waals surface area contributed by atoms with Crippen LogP contribution in [-0.4, -0.2) is 43.6 Å². The van der Waals surface area contributed by atoms with Crippen LogP contribution in [0.2, 0.25) is 0 Å². The van der Waals surface area contributed by atoms with Crippen molar-refractivity contribution in [1.82, 2.24) is 43.6 Å². The fourth-order valence-corrected chi connectivity index (χ4v) is 7.93. The molecule has 1 radical (unpaired) electrons. The average molecular weight is 1020 g/mol. The van der Waals surface area contributed by atoms with E-state index in [4.69, 9.17) is 29.9 Å². The molecule has 0 fully saturated rings. The number of para-hydroxylation sites is 3. The molecule has 11 heteroatoms. The zero-order valence-corrected chi connectivity index (χ0v) is 36.8. The third kappa shape index (κ3) is 7.91. The number of pyridine rings is 3. The molecule has 0 bridgehead atoms. The Morgan fingerprint density at radius 3 is 1.12 bits per heavy atom. The summed E-state index contributed by atoms with van der Waals surface area (Å²) in [6.07, 6.45) is 5.42. The second-order valence-electron chi connectivity index (χ2n) is 14.9. The number of rotatable bonds is 7. The number of nitrogens with zero attached hydrogens (tertiary/aromatic N) is 9. The molecule has 0 aliphatic heterocycles. The third-order valence-corrected chi connectivity index (χ3v) is 10.8. The van der Waals surface area contributed by atoms with Gasteiger partial charge in [0, 0.05) is 78.3 Å². The smallest absolute Gasteiger partial charge is 0.164 e. The van der Waals surface area contributed by atoms with E-state index in [1.165, 1.54) is 12.1 Å². The zero-order chi connectivity index (χ0) is 42.8. The van der Waals surface area contributed by atoms with Crippen LogP contribution in [0.15, 0.2) is 207 Å². The van der Waals surface area contributed by atoms with E-state index < -0.39 is 0 Å². The van der Waals surface area contributed by atoms with Crippen LogP contribution < -0.4 is 0 Å². The molecule has 0 saturated carbocycles. The molecule has 9 nitrogen and oxygen atoms in total. The van der Waals surface area contributed by atoms with E-state index in [0.29, 0.717) is 0 Å². The second kappa shape index (κ2) is 17.9. The molecule has 6 heterocycles. The van der Waals surface area contributed by atoms with E-state index in [2.05, 4.69) is 80.4 Å². The van der Waals surface area contributed by atoms with Gasteiger partial charge in [0.25, 0.3) is 0 Å². The Kier molecular flexibility index (Phi) is 11.2. The standard InChI is InChI=1S/C42H27N9.C12H7F.Ir/c1-4-13-31(14-5-1)49-37(46-34-19-10-22-43-40(34)49)28-25-29(38-47-35-20-11-23-44-41(35)50(38)32-15-6-2-7-16-32)27-30(26-28)39-48-36-21-12-24-45-42(36)51(39)33-17-8-3-9-18-33;13-12-8-6-11(7-9-12)10-4-2-1-3-5-10;/h1-27H;1-4,6,8-9H;/q;-2;. The summed E-state index contributed by atoms with van der Waals surface area (Å²) < 4.78 is 18.9. The summed E-state index contributed by atoms with van der Waals surface area (Å²) in [5.74, 6) is 1.98. The molecular weight excluding hydrogens is 986 g/mol. The van der Waals surface area contributed by atoms with Gasteiger partial charge in [-0.15, -0.1) is 18.2 Å². The van der Waals surface area contributed by atoms with Crippen molar-refractivity contribution in [2.24, 2.45) is 0 Å². The molecule has 12 aromatic rings. The van der Waals surface area contributed by atoms with Crippen molar-refractivity contribution in [2.45, 2.75) is 0 Å². The summed E-state index contributed by atoms with van der Waals surface area (Å²) in [5.41, 5.74) is 12.0. The van der Waals surface area contributed by atoms with Crippen molar-refractivity contribution in [3.8, 4) is 62.4 Å². The van der Waals surface area contributed by atoms with Crippen LogP contribution in [0.1, 0.15) is 0 Å². The van der Waals surface area contributed by atoms with Gasteiger partial charge in [-0.25, -0.2) is 41.0 Å². The molecule has 0 aliphatic rings. The van der Waals surface area contributed by atoms with Crippen LogP contribution in [0.3, 0.4) is 0 Å². The summed E-state index contributed by atoms with van der Waals surface area (Å²) in [7, 11) is 0. The Morgan fingerprint density at radius 1 is 0.385 bits per heavy atom. The normalized spacial score (nSPS) is 11.0. The first-order chi connectivity index (χ1) is 31.7. The van der Waals surface area contributed by atoms with Gasteiger partial charge in [0.05, 0.1) is 0 Å². The van der Waals surface area contributed by atoms with Crippen LogP contribution in [-0.2, 0) is 20.1 Å². The molecule has 65 heavy (non-hydrogen) atoms. The topological polar surface area (TPSA) is 92.1 Å². The fraction of sp³-hybridized carbons (Fsp3) is 0. The Labute approximate surface area is 386 Å². The quantitative estimate of drug-likeness (QED) is 0.148. The average Bonchev–Trinajstić information content (AvgIpc) is 4.08. The molecule has 6 aromatic heterocycles. The first kappa shape index (κ1) is 40.8. The number of benzene rings is 6. The van der Waals surface area contributed by atoms with Gasteiger partial charge < -0.3 is 0 Å². The SMILES string of the molecule is Fc1c[c-]c(-c2[c-]cccc2)cc1.[Ir].c1ccc(-n2c(-c3cc(-c4nc5cccnc5n4-c4ccccc4)cc(-c4nc5cccnc5n4-c4ccccc4)c3)nc3cccnc32)cc1. The first-order valence-corrected chi connectivity index (χ1v) is 20.6. The van der Waals surface area contributed by atoms with Crippen LogP contribution in [0.4, 0.5) is 4.39 Å². The molecule has 0 atom stereocenters. The van der Waals surface area contributed by atoms with Crippen molar-refractivity contribution >= 4 is 33.5 Å². The van der Waals surface area contributed by atoms with Gasteiger partial charge in [-0.05, 0) is 91.0 Å². The van der Waals surface area contributed by atoms with Crippen molar-refractivity contribution in [1.29, 1.82) is 0 Å². The van der Waals surface area contributed by atoms with Gasteiger partial charge in [0.15, 0.2) is 16.9 Å². The van der Waals surface area contributed by atoms with Crippen LogP contribution in [0.25, 0.3) is 95.8 Å². The van der Waals surface area contributed by atoms with Crippen molar-refractivity contribution in [3.63, 3.8) is 0 Å². The minimum absolute atomic E-state index is 0. The molecule has 0 spiro atoms. The molecule has 313 valence electrons. The van der Waals surface area contributed by atoms with E-state index in [1.54, 1.807) is 24.7 Å². The molecule has 0 saturated heterocycles. The second-order valence-corrected chi connectivity index (χ2v) is 14.9. The van der Waals surface area contributed by atoms with Crippen LogP contribution in [0, 0.1) is 17.9 Å². The Morgan fingerprint density at radius 2 is 0.769 bits per heavy atom. The van der Waals surface area contributed by atoms with E-state index in [0.717, 1.165) is 95.8 Å². The molecular formula is C54H34FIrN9-2. The predicted molar refractivity (Wildman–Crippen MR) is 250 cm³/mol. The number of hydrogen-bond donors (Lipinski definition) is 0. The number of halogens is 1. The molecule has 12 rings (SSSR count). The number of imidazole rings is 3. The Hall–Kier alpha value is -8.24. The Balaban J connectivity index is 0.000000306. The van der Waals surface area contributed by atoms with E-state index in [9.17, 15) is 4.39 Å². The van der Waals surface area contributed by atoms with Gasteiger partial charge in [0.1, 0.15) is 34.0 Å². The number of fused-ring (bicyclic) bond motifs is 3. The molecule has 0 aliphatic carbocycles. The predicted octanol–water partition coefficient (Wildman–Crippen LogP) is 12.0. The summed E-state index contributed by atoms with van der Waals surface area (Å²) in [6.45, 7) is 0. The maximum atomic E-state index is 12.6. The minimum atomic E-state index is -0.264. The number of aromatic nitrogens is 9. The minimum Gasteiger partial charge on any atom is -0.277 e. The monoisotopic (exact) mass is 1020 g/mol. The van der Waals surface area contributed by atoms with Gasteiger partial charge in [-0.1, -0.05) is 54.6 Å². The van der Waals surface area contributed by atoms with Crippen LogP contribution in [0.5, 0.6) is 0 Å². The van der Waals surface area contributed by atoms with Crippen molar-refractivity contribution in [2.75, 3.05) is 0 Å². The maximum Gasteiger partial charge on any atom is 0.164 e. The number of hydrogen-bond acceptors (Lipinski definition) is 6. The van der Waals surface area contributed by atoms with Crippen molar-refractivity contribution in [3.05, 3.63) is 225 Å². The zero-order valence-electron chi connectivity index (χ0n) is 34.4. The molecule has 0 unspecified atom stereocenters. The van der Waals surface area contributed by atoms with Crippen LogP contribution >= 0.6 is 0 Å². The van der Waals surface area contributed by atoms with Gasteiger partial charge >= 0.3 is 0 Å². The largest absolute Gasteiger partial charge is 0.277 e. The molecule has 0 amide bonds. The molecule has 0 N–H and O–H groups in total. The Bertz CT molecular complexity index is 3230. The van der Waals surface area contributed by atoms with Gasteiger partial charge in [-0.3, -0.25) is 18.1 Å². The molecule has 6 aromatic carbocycles. The van der Waals surface area contributed by atoms with Crippen molar-refractivity contribution < 1.29 is 24.5 Å². The third-order valence-electron chi connectivity index (χ3n) is 10.8. The van der Waals surface area contributed by atoms with E-state index >= 15 is 0 Å². The van der Waals surface area contributed by atoms with E-state index in [1.807, 2.05) is 115 Å². The maximum absolute atomic E-state index is 12.6. The summed E-state index contributed by atoms with van der Waals surface area (Å²) >= 11 is 0. The van der Waals surface area contributed by atoms with Gasteiger partial charge in [0.2, 0.25) is 0 Å².